The summed E-state index contributed by atoms with van der Waals surface area (Å²) >= 11 is 1.16. The average Bonchev–Trinajstić information content (AvgIpc) is 2.39. The number of hydrogen-bond acceptors (Lipinski definition) is 3. The van der Waals surface area contributed by atoms with Crippen molar-refractivity contribution in [2.24, 2.45) is 0 Å². The topological polar surface area (TPSA) is 23.6 Å². The molecule has 0 saturated carbocycles. The lowest BCUT2D eigenvalue weighted by Gasteiger charge is -2.18. The van der Waals surface area contributed by atoms with E-state index in [4.69, 9.17) is 0 Å². The van der Waals surface area contributed by atoms with E-state index in [2.05, 4.69) is 0 Å². The van der Waals surface area contributed by atoms with E-state index in [-0.39, 0.29) is 0 Å². The van der Waals surface area contributed by atoms with Gasteiger partial charge in [0.2, 0.25) is 0 Å². The van der Waals surface area contributed by atoms with E-state index in [1.165, 1.54) is 7.05 Å². The first-order valence-electron chi connectivity index (χ1n) is 3.56. The van der Waals surface area contributed by atoms with Gasteiger partial charge in [-0.05, 0) is 12.8 Å². The highest BCUT2D eigenvalue weighted by Gasteiger charge is 2.17. The molecule has 0 atom stereocenters. The van der Waals surface area contributed by atoms with Crippen LogP contribution in [0.15, 0.2) is 0 Å². The molecule has 0 aromatic carbocycles. The Kier molecular flexibility index (Phi) is 3.14. The van der Waals surface area contributed by atoms with Crippen LogP contribution >= 0.6 is 12.1 Å². The van der Waals surface area contributed by atoms with Crippen LogP contribution in [0, 0.1) is 0 Å². The summed E-state index contributed by atoms with van der Waals surface area (Å²) in [6.07, 6.45) is 0.893. The van der Waals surface area contributed by atoms with Crippen molar-refractivity contribution in [1.82, 2.24) is 8.61 Å². The number of rotatable bonds is 2. The molecule has 11 heavy (non-hydrogen) atoms. The van der Waals surface area contributed by atoms with Crippen LogP contribution in [-0.2, 0) is 0 Å². The Balaban J connectivity index is 2.23. The van der Waals surface area contributed by atoms with E-state index < -0.39 is 6.16 Å². The summed E-state index contributed by atoms with van der Waals surface area (Å²) in [6, 6.07) is 0. The SMILES string of the molecule is CN(SN1CCCC1)C(=O)F. The van der Waals surface area contributed by atoms with Crippen molar-refractivity contribution in [2.45, 2.75) is 12.8 Å². The largest absolute Gasteiger partial charge is 0.410 e. The van der Waals surface area contributed by atoms with Crippen LogP contribution in [0.25, 0.3) is 0 Å². The van der Waals surface area contributed by atoms with Crippen molar-refractivity contribution in [1.29, 1.82) is 0 Å². The van der Waals surface area contributed by atoms with Gasteiger partial charge < -0.3 is 0 Å². The number of hydrogen-bond donors (Lipinski definition) is 0. The van der Waals surface area contributed by atoms with Crippen LogP contribution in [0.5, 0.6) is 0 Å². The molecule has 0 N–H and O–H groups in total. The summed E-state index contributed by atoms with van der Waals surface area (Å²) in [7, 11) is 1.44. The second-order valence-corrected chi connectivity index (χ2v) is 3.70. The Bertz CT molecular complexity index is 150. The van der Waals surface area contributed by atoms with Gasteiger partial charge in [0.05, 0.1) is 0 Å². The van der Waals surface area contributed by atoms with Crippen molar-refractivity contribution in [2.75, 3.05) is 20.1 Å². The standard InChI is InChI=1S/C6H11FN2OS/c1-8(6(7)10)11-9-4-2-3-5-9/h2-5H2,1H3. The molecule has 1 aliphatic heterocycles. The predicted octanol–water partition coefficient (Wildman–Crippen LogP) is 1.67. The molecule has 64 valence electrons. The van der Waals surface area contributed by atoms with Gasteiger partial charge in [-0.3, -0.25) is 0 Å². The third-order valence-corrected chi connectivity index (χ3v) is 2.54. The highest BCUT2D eigenvalue weighted by molar-refractivity contribution is 7.95. The Morgan fingerprint density at radius 2 is 2.09 bits per heavy atom. The summed E-state index contributed by atoms with van der Waals surface area (Å²) in [4.78, 5) is 10.1. The fourth-order valence-corrected chi connectivity index (χ4v) is 1.81. The summed E-state index contributed by atoms with van der Waals surface area (Å²) in [6.45, 7) is 1.89. The summed E-state index contributed by atoms with van der Waals surface area (Å²) < 4.78 is 15.0. The first-order valence-corrected chi connectivity index (χ1v) is 4.29. The minimum Gasteiger partial charge on any atom is -0.248 e. The number of halogens is 1. The highest BCUT2D eigenvalue weighted by Crippen LogP contribution is 2.20. The van der Waals surface area contributed by atoms with Gasteiger partial charge >= 0.3 is 6.16 Å². The maximum atomic E-state index is 12.0. The van der Waals surface area contributed by atoms with Crippen LogP contribution in [0.2, 0.25) is 0 Å². The third kappa shape index (κ3) is 2.67. The van der Waals surface area contributed by atoms with Gasteiger partial charge in [-0.25, -0.2) is 13.4 Å². The Labute approximate surface area is 69.8 Å². The first kappa shape index (κ1) is 8.80. The lowest BCUT2D eigenvalue weighted by molar-refractivity contribution is 0.208. The van der Waals surface area contributed by atoms with E-state index in [1.807, 2.05) is 4.31 Å². The van der Waals surface area contributed by atoms with Crippen LogP contribution in [0.3, 0.4) is 0 Å². The molecule has 0 aromatic rings. The summed E-state index contributed by atoms with van der Waals surface area (Å²) in [5, 5.41) is 0. The fourth-order valence-electron chi connectivity index (χ4n) is 0.975. The zero-order valence-corrected chi connectivity index (χ0v) is 7.23. The fraction of sp³-hybridized carbons (Fsp3) is 0.833. The smallest absolute Gasteiger partial charge is 0.248 e. The minimum absolute atomic E-state index is 0.947. The van der Waals surface area contributed by atoms with Crippen LogP contribution in [-0.4, -0.2) is 34.9 Å². The van der Waals surface area contributed by atoms with Crippen molar-refractivity contribution >= 4 is 18.3 Å². The van der Waals surface area contributed by atoms with Gasteiger partial charge in [0, 0.05) is 32.3 Å². The zero-order chi connectivity index (χ0) is 8.27. The molecule has 0 unspecified atom stereocenters. The predicted molar refractivity (Wildman–Crippen MR) is 42.7 cm³/mol. The molecule has 0 bridgehead atoms. The minimum atomic E-state index is -1.39. The number of carbonyl (C=O) groups is 1. The van der Waals surface area contributed by atoms with E-state index in [9.17, 15) is 9.18 Å². The van der Waals surface area contributed by atoms with Crippen LogP contribution < -0.4 is 0 Å². The van der Waals surface area contributed by atoms with Gasteiger partial charge in [0.25, 0.3) is 0 Å². The van der Waals surface area contributed by atoms with Gasteiger partial charge in [0.15, 0.2) is 0 Å². The maximum Gasteiger partial charge on any atom is 0.410 e. The van der Waals surface area contributed by atoms with E-state index in [0.29, 0.717) is 0 Å². The Morgan fingerprint density at radius 1 is 1.55 bits per heavy atom. The molecule has 1 fully saturated rings. The van der Waals surface area contributed by atoms with E-state index in [1.54, 1.807) is 0 Å². The molecule has 3 nitrogen and oxygen atoms in total. The van der Waals surface area contributed by atoms with Gasteiger partial charge in [-0.2, -0.15) is 0 Å². The van der Waals surface area contributed by atoms with Crippen molar-refractivity contribution in [3.05, 3.63) is 0 Å². The monoisotopic (exact) mass is 178 g/mol. The molecule has 1 heterocycles. The highest BCUT2D eigenvalue weighted by atomic mass is 32.2. The second kappa shape index (κ2) is 3.92. The number of amides is 1. The van der Waals surface area contributed by atoms with Crippen molar-refractivity contribution in [3.63, 3.8) is 0 Å². The molecule has 0 radical (unpaired) electrons. The molecular weight excluding hydrogens is 167 g/mol. The Morgan fingerprint density at radius 3 is 2.55 bits per heavy atom. The van der Waals surface area contributed by atoms with Crippen LogP contribution in [0.1, 0.15) is 12.8 Å². The average molecular weight is 178 g/mol. The summed E-state index contributed by atoms with van der Waals surface area (Å²) in [5.41, 5.74) is 0. The van der Waals surface area contributed by atoms with Gasteiger partial charge in [-0.1, -0.05) is 0 Å². The first-order chi connectivity index (χ1) is 5.20. The lowest BCUT2D eigenvalue weighted by atomic mass is 10.4. The molecule has 0 spiro atoms. The van der Waals surface area contributed by atoms with E-state index >= 15 is 0 Å². The van der Waals surface area contributed by atoms with Gasteiger partial charge in [-0.15, -0.1) is 4.39 Å². The third-order valence-electron chi connectivity index (χ3n) is 1.55. The number of carbonyl (C=O) groups excluding carboxylic acids is 1. The number of nitrogens with zero attached hydrogens (tertiary/aromatic N) is 2. The Hall–Kier alpha value is -0.290. The van der Waals surface area contributed by atoms with E-state index in [0.717, 1.165) is 42.4 Å². The normalized spacial score (nSPS) is 18.7. The lowest BCUT2D eigenvalue weighted by Crippen LogP contribution is -2.21. The van der Waals surface area contributed by atoms with Gasteiger partial charge in [0.1, 0.15) is 0 Å². The maximum absolute atomic E-state index is 12.0. The molecule has 1 amide bonds. The molecule has 0 aromatic heterocycles. The molecule has 1 aliphatic rings. The summed E-state index contributed by atoms with van der Waals surface area (Å²) in [5.74, 6) is 0. The quantitative estimate of drug-likeness (QED) is 0.365. The van der Waals surface area contributed by atoms with Crippen molar-refractivity contribution < 1.29 is 9.18 Å². The molecule has 1 saturated heterocycles. The zero-order valence-electron chi connectivity index (χ0n) is 6.42. The second-order valence-electron chi connectivity index (χ2n) is 2.47. The van der Waals surface area contributed by atoms with Crippen LogP contribution in [0.4, 0.5) is 9.18 Å². The van der Waals surface area contributed by atoms with Crippen molar-refractivity contribution in [3.8, 4) is 0 Å². The molecule has 1 rings (SSSR count). The molecular formula is C6H11FN2OS. The molecule has 0 aliphatic carbocycles. The molecule has 5 heteroatoms.